The molecule has 0 aliphatic rings. The highest BCUT2D eigenvalue weighted by atomic mass is 19.1. The number of fused-ring (bicyclic) bond motifs is 1. The summed E-state index contributed by atoms with van der Waals surface area (Å²) < 4.78 is 53.2. The fraction of sp³-hybridized carbons (Fsp3) is 0.0667. The Morgan fingerprint density at radius 1 is 0.818 bits per heavy atom. The molecule has 0 bridgehead atoms. The van der Waals surface area contributed by atoms with Crippen molar-refractivity contribution in [3.05, 3.63) is 65.5 Å². The highest BCUT2D eigenvalue weighted by Gasteiger charge is 2.10. The van der Waals surface area contributed by atoms with E-state index in [-0.39, 0.29) is 23.3 Å². The lowest BCUT2D eigenvalue weighted by molar-refractivity contribution is 0.580. The Hall–Kier alpha value is -2.70. The van der Waals surface area contributed by atoms with Gasteiger partial charge < -0.3 is 5.32 Å². The van der Waals surface area contributed by atoms with Crippen LogP contribution in [0.3, 0.4) is 0 Å². The second-order valence-corrected chi connectivity index (χ2v) is 4.64. The molecule has 0 atom stereocenters. The number of nitrogens with one attached hydrogen (secondary N) is 1. The van der Waals surface area contributed by atoms with E-state index in [1.165, 1.54) is 0 Å². The number of hydrogen-bond acceptors (Lipinski definition) is 3. The van der Waals surface area contributed by atoms with Gasteiger partial charge in [0.15, 0.2) is 5.82 Å². The van der Waals surface area contributed by atoms with Crippen molar-refractivity contribution >= 4 is 16.7 Å². The number of anilines is 1. The van der Waals surface area contributed by atoms with E-state index in [4.69, 9.17) is 0 Å². The van der Waals surface area contributed by atoms with E-state index in [0.717, 1.165) is 36.7 Å². The number of nitrogens with zero attached hydrogens (tertiary/aromatic N) is 2. The normalized spacial score (nSPS) is 10.9. The van der Waals surface area contributed by atoms with Crippen LogP contribution in [0.15, 0.2) is 36.7 Å². The van der Waals surface area contributed by atoms with Crippen LogP contribution in [0.1, 0.15) is 5.56 Å². The molecule has 0 fully saturated rings. The molecule has 0 unspecified atom stereocenters. The van der Waals surface area contributed by atoms with Crippen molar-refractivity contribution in [3.63, 3.8) is 0 Å². The Morgan fingerprint density at radius 2 is 1.50 bits per heavy atom. The van der Waals surface area contributed by atoms with Crippen LogP contribution in [0, 0.1) is 23.3 Å². The SMILES string of the molecule is Fc1cc(F)cc(CNc2ncnc3c(F)cc(F)cc23)c1. The van der Waals surface area contributed by atoms with Gasteiger partial charge in [-0.15, -0.1) is 0 Å². The molecule has 0 spiro atoms. The zero-order valence-electron chi connectivity index (χ0n) is 11.1. The van der Waals surface area contributed by atoms with E-state index >= 15 is 0 Å². The Morgan fingerprint density at radius 3 is 2.23 bits per heavy atom. The molecule has 7 heteroatoms. The molecule has 1 heterocycles. The predicted molar refractivity (Wildman–Crippen MR) is 73.1 cm³/mol. The molecule has 1 aromatic heterocycles. The maximum absolute atomic E-state index is 13.6. The second kappa shape index (κ2) is 5.59. The van der Waals surface area contributed by atoms with E-state index in [2.05, 4.69) is 15.3 Å². The van der Waals surface area contributed by atoms with Crippen LogP contribution in [0.25, 0.3) is 10.9 Å². The lowest BCUT2D eigenvalue weighted by Crippen LogP contribution is -2.04. The lowest BCUT2D eigenvalue weighted by atomic mass is 10.2. The number of rotatable bonds is 3. The predicted octanol–water partition coefficient (Wildman–Crippen LogP) is 3.80. The van der Waals surface area contributed by atoms with Crippen molar-refractivity contribution in [2.24, 2.45) is 0 Å². The van der Waals surface area contributed by atoms with Gasteiger partial charge in [0.05, 0.1) is 0 Å². The Kier molecular flexibility index (Phi) is 3.62. The number of hydrogen-bond donors (Lipinski definition) is 1. The first kappa shape index (κ1) is 14.2. The standard InChI is InChI=1S/C15H9F4N3/c16-9-1-8(2-10(17)3-9)6-20-15-12-4-11(18)5-13(19)14(12)21-7-22-15/h1-5,7H,6H2,(H,20,21,22). The zero-order chi connectivity index (χ0) is 15.7. The van der Waals surface area contributed by atoms with Crippen molar-refractivity contribution in [2.75, 3.05) is 5.32 Å². The Labute approximate surface area is 122 Å². The van der Waals surface area contributed by atoms with Crippen LogP contribution < -0.4 is 5.32 Å². The molecule has 0 aliphatic heterocycles. The molecule has 3 nitrogen and oxygen atoms in total. The minimum Gasteiger partial charge on any atom is -0.365 e. The molecule has 2 aromatic carbocycles. The summed E-state index contributed by atoms with van der Waals surface area (Å²) >= 11 is 0. The molecule has 0 radical (unpaired) electrons. The van der Waals surface area contributed by atoms with Gasteiger partial charge in [-0.3, -0.25) is 0 Å². The van der Waals surface area contributed by atoms with Crippen LogP contribution in [0.2, 0.25) is 0 Å². The van der Waals surface area contributed by atoms with E-state index in [1.54, 1.807) is 0 Å². The molecule has 3 aromatic rings. The molecule has 112 valence electrons. The molecule has 0 saturated carbocycles. The summed E-state index contributed by atoms with van der Waals surface area (Å²) in [5.41, 5.74) is 0.297. The van der Waals surface area contributed by atoms with Gasteiger partial charge in [-0.1, -0.05) is 0 Å². The van der Waals surface area contributed by atoms with Gasteiger partial charge in [-0.05, 0) is 23.8 Å². The third-order valence-corrected chi connectivity index (χ3v) is 3.04. The topological polar surface area (TPSA) is 37.8 Å². The fourth-order valence-corrected chi connectivity index (χ4v) is 2.13. The lowest BCUT2D eigenvalue weighted by Gasteiger charge is -2.09. The molecule has 22 heavy (non-hydrogen) atoms. The van der Waals surface area contributed by atoms with Gasteiger partial charge >= 0.3 is 0 Å². The Balaban J connectivity index is 1.94. The fourth-order valence-electron chi connectivity index (χ4n) is 2.13. The molecule has 0 aliphatic carbocycles. The summed E-state index contributed by atoms with van der Waals surface area (Å²) in [4.78, 5) is 7.66. The van der Waals surface area contributed by atoms with Crippen molar-refractivity contribution in [2.45, 2.75) is 6.54 Å². The van der Waals surface area contributed by atoms with Crippen LogP contribution >= 0.6 is 0 Å². The summed E-state index contributed by atoms with van der Waals surface area (Å²) in [6.07, 6.45) is 1.12. The summed E-state index contributed by atoms with van der Waals surface area (Å²) in [5.74, 6) is -2.81. The van der Waals surface area contributed by atoms with Crippen molar-refractivity contribution in [1.82, 2.24) is 9.97 Å². The van der Waals surface area contributed by atoms with Gasteiger partial charge in [-0.25, -0.2) is 27.5 Å². The van der Waals surface area contributed by atoms with Crippen LogP contribution in [0.5, 0.6) is 0 Å². The van der Waals surface area contributed by atoms with Crippen molar-refractivity contribution in [3.8, 4) is 0 Å². The zero-order valence-corrected chi connectivity index (χ0v) is 11.1. The summed E-state index contributed by atoms with van der Waals surface area (Å²) in [7, 11) is 0. The third-order valence-electron chi connectivity index (χ3n) is 3.04. The number of aromatic nitrogens is 2. The highest BCUT2D eigenvalue weighted by Crippen LogP contribution is 2.23. The van der Waals surface area contributed by atoms with Crippen LogP contribution in [-0.2, 0) is 6.54 Å². The van der Waals surface area contributed by atoms with Gasteiger partial charge in [0.2, 0.25) is 0 Å². The largest absolute Gasteiger partial charge is 0.365 e. The number of halogens is 4. The van der Waals surface area contributed by atoms with E-state index in [0.29, 0.717) is 5.56 Å². The smallest absolute Gasteiger partial charge is 0.152 e. The van der Waals surface area contributed by atoms with Crippen molar-refractivity contribution in [1.29, 1.82) is 0 Å². The number of benzene rings is 2. The molecular weight excluding hydrogens is 298 g/mol. The first-order chi connectivity index (χ1) is 10.5. The van der Waals surface area contributed by atoms with Gasteiger partial charge in [0.1, 0.15) is 35.1 Å². The monoisotopic (exact) mass is 307 g/mol. The van der Waals surface area contributed by atoms with Gasteiger partial charge in [-0.2, -0.15) is 0 Å². The first-order valence-electron chi connectivity index (χ1n) is 6.31. The maximum atomic E-state index is 13.6. The first-order valence-corrected chi connectivity index (χ1v) is 6.31. The molecule has 1 N–H and O–H groups in total. The molecule has 0 saturated heterocycles. The van der Waals surface area contributed by atoms with Crippen molar-refractivity contribution < 1.29 is 17.6 Å². The second-order valence-electron chi connectivity index (χ2n) is 4.64. The summed E-state index contributed by atoms with van der Waals surface area (Å²) in [5, 5.41) is 2.94. The minimum absolute atomic E-state index is 0.0377. The summed E-state index contributed by atoms with van der Waals surface area (Å²) in [6.45, 7) is 0.0406. The molecule has 0 amide bonds. The highest BCUT2D eigenvalue weighted by molar-refractivity contribution is 5.89. The molecular formula is C15H9F4N3. The van der Waals surface area contributed by atoms with Gasteiger partial charge in [0.25, 0.3) is 0 Å². The van der Waals surface area contributed by atoms with Gasteiger partial charge in [0, 0.05) is 24.1 Å². The maximum Gasteiger partial charge on any atom is 0.152 e. The van der Waals surface area contributed by atoms with E-state index < -0.39 is 23.3 Å². The summed E-state index contributed by atoms with van der Waals surface area (Å²) in [6, 6.07) is 4.88. The van der Waals surface area contributed by atoms with Crippen LogP contribution in [0.4, 0.5) is 23.4 Å². The van der Waals surface area contributed by atoms with E-state index in [1.807, 2.05) is 0 Å². The third kappa shape index (κ3) is 2.83. The average molecular weight is 307 g/mol. The van der Waals surface area contributed by atoms with Crippen LogP contribution in [-0.4, -0.2) is 9.97 Å². The Bertz CT molecular complexity index is 831. The van der Waals surface area contributed by atoms with E-state index in [9.17, 15) is 17.6 Å². The average Bonchev–Trinajstić information content (AvgIpc) is 2.44. The minimum atomic E-state index is -0.808. The molecule has 3 rings (SSSR count). The quantitative estimate of drug-likeness (QED) is 0.748.